The molecule has 0 aliphatic carbocycles. The van der Waals surface area contributed by atoms with Gasteiger partial charge in [-0.1, -0.05) is 22.0 Å². The Hall–Kier alpha value is -0.230. The van der Waals surface area contributed by atoms with Crippen molar-refractivity contribution in [1.82, 2.24) is 0 Å². The van der Waals surface area contributed by atoms with Gasteiger partial charge in [0, 0.05) is 14.9 Å². The maximum atomic E-state index is 13.7. The van der Waals surface area contributed by atoms with Gasteiger partial charge in [-0.05, 0) is 40.2 Å². The Labute approximate surface area is 114 Å². The molecular weight excluding hydrogens is 357 g/mol. The molecule has 84 valence electrons. The van der Waals surface area contributed by atoms with Crippen molar-refractivity contribution in [3.05, 3.63) is 54.8 Å². The van der Waals surface area contributed by atoms with Crippen LogP contribution in [0.15, 0.2) is 38.6 Å². The van der Waals surface area contributed by atoms with Crippen molar-refractivity contribution < 1.29 is 4.39 Å². The van der Waals surface area contributed by atoms with Crippen LogP contribution in [-0.2, 0) is 0 Å². The van der Waals surface area contributed by atoms with Crippen molar-refractivity contribution >= 4 is 43.2 Å². The Morgan fingerprint density at radius 3 is 2.50 bits per heavy atom. The molecule has 2 N–H and O–H groups in total. The van der Waals surface area contributed by atoms with Crippen molar-refractivity contribution in [1.29, 1.82) is 0 Å². The van der Waals surface area contributed by atoms with Crippen molar-refractivity contribution in [2.75, 3.05) is 0 Å². The molecule has 0 fully saturated rings. The fraction of sp³-hybridized carbons (Fsp3) is 0.0909. The van der Waals surface area contributed by atoms with Gasteiger partial charge in [0.2, 0.25) is 0 Å². The Balaban J connectivity index is 2.37. The third-order valence-electron chi connectivity index (χ3n) is 2.20. The topological polar surface area (TPSA) is 26.0 Å². The highest BCUT2D eigenvalue weighted by atomic mass is 79.9. The van der Waals surface area contributed by atoms with Gasteiger partial charge in [0.1, 0.15) is 5.82 Å². The summed E-state index contributed by atoms with van der Waals surface area (Å²) in [5, 5.41) is 0. The van der Waals surface area contributed by atoms with Gasteiger partial charge in [-0.3, -0.25) is 0 Å². The zero-order chi connectivity index (χ0) is 11.7. The lowest BCUT2D eigenvalue weighted by atomic mass is 10.1. The summed E-state index contributed by atoms with van der Waals surface area (Å²) in [6.45, 7) is 0. The lowest BCUT2D eigenvalue weighted by molar-refractivity contribution is 0.600. The van der Waals surface area contributed by atoms with Gasteiger partial charge in [-0.15, -0.1) is 11.3 Å². The first-order valence-corrected chi connectivity index (χ1v) is 6.94. The fourth-order valence-corrected chi connectivity index (χ4v) is 3.18. The van der Waals surface area contributed by atoms with E-state index in [0.717, 1.165) is 8.66 Å². The minimum Gasteiger partial charge on any atom is -0.320 e. The largest absolute Gasteiger partial charge is 0.320 e. The van der Waals surface area contributed by atoms with E-state index >= 15 is 0 Å². The van der Waals surface area contributed by atoms with Gasteiger partial charge in [0.25, 0.3) is 0 Å². The summed E-state index contributed by atoms with van der Waals surface area (Å²) in [5.74, 6) is -0.286. The van der Waals surface area contributed by atoms with Crippen molar-refractivity contribution in [2.45, 2.75) is 6.04 Å². The molecule has 0 saturated heterocycles. The third-order valence-corrected chi connectivity index (χ3v) is 4.40. The van der Waals surface area contributed by atoms with Crippen LogP contribution in [0.25, 0.3) is 0 Å². The smallest absolute Gasteiger partial charge is 0.129 e. The molecular formula is C11H8Br2FNS. The molecule has 1 heterocycles. The molecule has 2 aromatic rings. The van der Waals surface area contributed by atoms with Crippen LogP contribution >= 0.6 is 43.2 Å². The van der Waals surface area contributed by atoms with E-state index in [2.05, 4.69) is 31.9 Å². The molecule has 0 bridgehead atoms. The van der Waals surface area contributed by atoms with Gasteiger partial charge < -0.3 is 5.73 Å². The monoisotopic (exact) mass is 363 g/mol. The Morgan fingerprint density at radius 1 is 1.19 bits per heavy atom. The van der Waals surface area contributed by atoms with Gasteiger partial charge in [0.15, 0.2) is 0 Å². The van der Waals surface area contributed by atoms with Gasteiger partial charge in [0.05, 0.1) is 9.83 Å². The fourth-order valence-electron chi connectivity index (χ4n) is 1.40. The average Bonchev–Trinajstić information content (AvgIpc) is 2.64. The molecule has 0 aliphatic rings. The highest BCUT2D eigenvalue weighted by Gasteiger charge is 2.15. The first-order valence-electron chi connectivity index (χ1n) is 4.53. The van der Waals surface area contributed by atoms with Crippen LogP contribution in [0, 0.1) is 5.82 Å². The highest BCUT2D eigenvalue weighted by Crippen LogP contribution is 2.31. The summed E-state index contributed by atoms with van der Waals surface area (Å²) in [5.41, 5.74) is 6.53. The second-order valence-corrected chi connectivity index (χ2v) is 6.70. The number of benzene rings is 1. The number of hydrogen-bond acceptors (Lipinski definition) is 2. The predicted molar refractivity (Wildman–Crippen MR) is 72.1 cm³/mol. The number of hydrogen-bond donors (Lipinski definition) is 1. The van der Waals surface area contributed by atoms with Crippen LogP contribution in [0.5, 0.6) is 0 Å². The number of thiophene rings is 1. The summed E-state index contributed by atoms with van der Waals surface area (Å²) >= 11 is 8.10. The minimum atomic E-state index is -0.413. The number of rotatable bonds is 2. The standard InChI is InChI=1S/C11H8Br2FNS/c12-6-1-2-7(8(14)5-6)11(15)9-3-4-10(13)16-9/h1-5,11H,15H2. The van der Waals surface area contributed by atoms with E-state index < -0.39 is 6.04 Å². The average molecular weight is 365 g/mol. The van der Waals surface area contributed by atoms with Crippen molar-refractivity contribution in [3.8, 4) is 0 Å². The number of nitrogens with two attached hydrogens (primary N) is 1. The van der Waals surface area contributed by atoms with Crippen LogP contribution in [0.3, 0.4) is 0 Å². The van der Waals surface area contributed by atoms with E-state index in [0.29, 0.717) is 10.0 Å². The van der Waals surface area contributed by atoms with Crippen molar-refractivity contribution in [3.63, 3.8) is 0 Å². The highest BCUT2D eigenvalue weighted by molar-refractivity contribution is 9.11. The van der Waals surface area contributed by atoms with Crippen LogP contribution < -0.4 is 5.73 Å². The summed E-state index contributed by atoms with van der Waals surface area (Å²) in [4.78, 5) is 0.938. The summed E-state index contributed by atoms with van der Waals surface area (Å²) in [6, 6.07) is 8.33. The molecule has 1 unspecified atom stereocenters. The molecule has 0 amide bonds. The molecule has 1 aromatic heterocycles. The number of halogens is 3. The summed E-state index contributed by atoms with van der Waals surface area (Å²) in [6.07, 6.45) is 0. The first-order chi connectivity index (χ1) is 7.58. The van der Waals surface area contributed by atoms with Gasteiger partial charge in [-0.2, -0.15) is 0 Å². The van der Waals surface area contributed by atoms with Crippen LogP contribution in [-0.4, -0.2) is 0 Å². The Kier molecular flexibility index (Phi) is 3.79. The van der Waals surface area contributed by atoms with E-state index in [1.54, 1.807) is 12.1 Å². The first kappa shape index (κ1) is 12.2. The molecule has 2 rings (SSSR count). The molecule has 0 saturated carbocycles. The molecule has 1 atom stereocenters. The Morgan fingerprint density at radius 2 is 1.94 bits per heavy atom. The van der Waals surface area contributed by atoms with E-state index in [4.69, 9.17) is 5.73 Å². The quantitative estimate of drug-likeness (QED) is 0.836. The Bertz CT molecular complexity index is 512. The third kappa shape index (κ3) is 2.53. The van der Waals surface area contributed by atoms with Gasteiger partial charge in [-0.25, -0.2) is 4.39 Å². The second kappa shape index (κ2) is 4.96. The molecule has 1 aromatic carbocycles. The molecule has 0 radical (unpaired) electrons. The zero-order valence-corrected chi connectivity index (χ0v) is 12.1. The molecule has 0 aliphatic heterocycles. The maximum absolute atomic E-state index is 13.7. The van der Waals surface area contributed by atoms with Crippen molar-refractivity contribution in [2.24, 2.45) is 5.73 Å². The lowest BCUT2D eigenvalue weighted by Crippen LogP contribution is -2.12. The summed E-state index contributed by atoms with van der Waals surface area (Å²) in [7, 11) is 0. The van der Waals surface area contributed by atoms with Gasteiger partial charge >= 0.3 is 0 Å². The molecule has 16 heavy (non-hydrogen) atoms. The SMILES string of the molecule is NC(c1ccc(Br)s1)c1ccc(Br)cc1F. The van der Waals surface area contributed by atoms with E-state index in [-0.39, 0.29) is 5.82 Å². The molecule has 5 heteroatoms. The van der Waals surface area contributed by atoms with E-state index in [1.165, 1.54) is 17.4 Å². The zero-order valence-electron chi connectivity index (χ0n) is 8.08. The summed E-state index contributed by atoms with van der Waals surface area (Å²) < 4.78 is 15.4. The van der Waals surface area contributed by atoms with Crippen LogP contribution in [0.4, 0.5) is 4.39 Å². The van der Waals surface area contributed by atoms with Crippen LogP contribution in [0.2, 0.25) is 0 Å². The predicted octanol–water partition coefficient (Wildman–Crippen LogP) is 4.46. The minimum absolute atomic E-state index is 0.286. The lowest BCUT2D eigenvalue weighted by Gasteiger charge is -2.11. The van der Waals surface area contributed by atoms with Crippen LogP contribution in [0.1, 0.15) is 16.5 Å². The maximum Gasteiger partial charge on any atom is 0.129 e. The van der Waals surface area contributed by atoms with E-state index in [9.17, 15) is 4.39 Å². The molecule has 0 spiro atoms. The van der Waals surface area contributed by atoms with E-state index in [1.807, 2.05) is 12.1 Å². The molecule has 1 nitrogen and oxygen atoms in total. The second-order valence-electron chi connectivity index (χ2n) is 3.29. The normalized spacial score (nSPS) is 12.8.